The van der Waals surface area contributed by atoms with Gasteiger partial charge in [-0.2, -0.15) is 11.3 Å². The number of thioether (sulfide) groups is 1. The fourth-order valence-corrected chi connectivity index (χ4v) is 5.29. The van der Waals surface area contributed by atoms with Gasteiger partial charge in [-0.3, -0.25) is 0 Å². The number of rotatable bonds is 6. The van der Waals surface area contributed by atoms with E-state index in [9.17, 15) is 0 Å². The summed E-state index contributed by atoms with van der Waals surface area (Å²) in [6.45, 7) is 0. The van der Waals surface area contributed by atoms with Gasteiger partial charge < -0.3 is 5.32 Å². The standard InChI is InChI=1S/C16H12N4S4/c1-2-4-12(5-3-1)18-15-19-20-16(24-15)23-10-13-9-22-14(17-13)11-6-7-21-8-11/h1-9H,10H2,(H,18,19). The van der Waals surface area contributed by atoms with Crippen LogP contribution in [0.25, 0.3) is 10.6 Å². The zero-order valence-electron chi connectivity index (χ0n) is 12.4. The summed E-state index contributed by atoms with van der Waals surface area (Å²) < 4.78 is 0.943. The van der Waals surface area contributed by atoms with Crippen LogP contribution in [0.15, 0.2) is 56.9 Å². The maximum atomic E-state index is 4.69. The molecule has 120 valence electrons. The van der Waals surface area contributed by atoms with Crippen LogP contribution in [0.1, 0.15) is 5.69 Å². The van der Waals surface area contributed by atoms with Crippen molar-refractivity contribution in [2.24, 2.45) is 0 Å². The Labute approximate surface area is 155 Å². The minimum atomic E-state index is 0.806. The zero-order valence-corrected chi connectivity index (χ0v) is 15.6. The minimum Gasteiger partial charge on any atom is -0.330 e. The van der Waals surface area contributed by atoms with Gasteiger partial charge >= 0.3 is 0 Å². The van der Waals surface area contributed by atoms with Gasteiger partial charge in [0.05, 0.1) is 5.69 Å². The third kappa shape index (κ3) is 3.84. The van der Waals surface area contributed by atoms with Crippen LogP contribution in [-0.2, 0) is 5.75 Å². The number of hydrogen-bond acceptors (Lipinski definition) is 8. The van der Waals surface area contributed by atoms with Crippen molar-refractivity contribution < 1.29 is 0 Å². The highest BCUT2D eigenvalue weighted by Gasteiger charge is 2.09. The molecule has 24 heavy (non-hydrogen) atoms. The number of anilines is 2. The number of nitrogens with one attached hydrogen (secondary N) is 1. The molecule has 3 aromatic heterocycles. The molecular weight excluding hydrogens is 376 g/mol. The molecule has 0 atom stereocenters. The van der Waals surface area contributed by atoms with Gasteiger partial charge in [0.2, 0.25) is 5.13 Å². The Kier molecular flexibility index (Phi) is 4.88. The van der Waals surface area contributed by atoms with Crippen molar-refractivity contribution in [1.82, 2.24) is 15.2 Å². The molecule has 0 unspecified atom stereocenters. The van der Waals surface area contributed by atoms with Crippen LogP contribution in [0, 0.1) is 0 Å². The van der Waals surface area contributed by atoms with Crippen molar-refractivity contribution in [3.63, 3.8) is 0 Å². The topological polar surface area (TPSA) is 50.7 Å². The molecule has 0 amide bonds. The molecule has 4 nitrogen and oxygen atoms in total. The van der Waals surface area contributed by atoms with E-state index in [1.54, 1.807) is 45.8 Å². The van der Waals surface area contributed by atoms with Crippen LogP contribution in [0.5, 0.6) is 0 Å². The second kappa shape index (κ2) is 7.43. The highest BCUT2D eigenvalue weighted by atomic mass is 32.2. The maximum Gasteiger partial charge on any atom is 0.210 e. The molecule has 3 heterocycles. The monoisotopic (exact) mass is 388 g/mol. The smallest absolute Gasteiger partial charge is 0.210 e. The Balaban J connectivity index is 1.36. The lowest BCUT2D eigenvalue weighted by Gasteiger charge is -1.99. The number of aromatic nitrogens is 3. The van der Waals surface area contributed by atoms with Gasteiger partial charge in [-0.25, -0.2) is 4.98 Å². The normalized spacial score (nSPS) is 10.8. The van der Waals surface area contributed by atoms with E-state index in [1.165, 1.54) is 5.56 Å². The Hall–Kier alpha value is -1.74. The second-order valence-corrected chi connectivity index (χ2v) is 8.65. The first kappa shape index (κ1) is 15.8. The second-order valence-electron chi connectivity index (χ2n) is 4.81. The molecule has 0 fully saturated rings. The van der Waals surface area contributed by atoms with Gasteiger partial charge in [-0.1, -0.05) is 41.3 Å². The van der Waals surface area contributed by atoms with Crippen molar-refractivity contribution in [1.29, 1.82) is 0 Å². The van der Waals surface area contributed by atoms with Crippen molar-refractivity contribution in [2.75, 3.05) is 5.32 Å². The first-order valence-electron chi connectivity index (χ1n) is 7.12. The fourth-order valence-electron chi connectivity index (χ4n) is 1.99. The fraction of sp³-hybridized carbons (Fsp3) is 0.0625. The molecule has 0 aliphatic rings. The molecule has 4 rings (SSSR count). The van der Waals surface area contributed by atoms with Crippen molar-refractivity contribution >= 4 is 56.6 Å². The minimum absolute atomic E-state index is 0.806. The highest BCUT2D eigenvalue weighted by Crippen LogP contribution is 2.32. The van der Waals surface area contributed by atoms with Crippen LogP contribution < -0.4 is 5.32 Å². The number of thiazole rings is 1. The molecule has 1 N–H and O–H groups in total. The van der Waals surface area contributed by atoms with Crippen LogP contribution in [-0.4, -0.2) is 15.2 Å². The largest absolute Gasteiger partial charge is 0.330 e. The summed E-state index contributed by atoms with van der Waals surface area (Å²) in [5.41, 5.74) is 3.30. The zero-order chi connectivity index (χ0) is 16.2. The average Bonchev–Trinajstić information content (AvgIpc) is 3.35. The first-order valence-corrected chi connectivity index (χ1v) is 10.7. The predicted molar refractivity (Wildman–Crippen MR) is 105 cm³/mol. The summed E-state index contributed by atoms with van der Waals surface area (Å²) in [7, 11) is 0. The Morgan fingerprint density at radius 2 is 1.96 bits per heavy atom. The molecule has 0 radical (unpaired) electrons. The van der Waals surface area contributed by atoms with Crippen molar-refractivity contribution in [3.8, 4) is 10.6 Å². The van der Waals surface area contributed by atoms with E-state index >= 15 is 0 Å². The average molecular weight is 389 g/mol. The third-order valence-electron chi connectivity index (χ3n) is 3.09. The van der Waals surface area contributed by atoms with E-state index in [4.69, 9.17) is 0 Å². The number of thiophene rings is 1. The lowest BCUT2D eigenvalue weighted by atomic mass is 10.3. The Morgan fingerprint density at radius 1 is 1.04 bits per heavy atom. The molecule has 4 aromatic rings. The van der Waals surface area contributed by atoms with Gasteiger partial charge in [0.25, 0.3) is 0 Å². The van der Waals surface area contributed by atoms with Gasteiger partial charge in [0.1, 0.15) is 5.01 Å². The molecular formula is C16H12N4S4. The summed E-state index contributed by atoms with van der Waals surface area (Å²) in [4.78, 5) is 4.69. The lowest BCUT2D eigenvalue weighted by Crippen LogP contribution is -1.87. The summed E-state index contributed by atoms with van der Waals surface area (Å²) in [5.74, 6) is 0.806. The van der Waals surface area contributed by atoms with Gasteiger partial charge in [0, 0.05) is 27.8 Å². The lowest BCUT2D eigenvalue weighted by molar-refractivity contribution is 1.01. The summed E-state index contributed by atoms with van der Waals surface area (Å²) in [5, 5.41) is 19.9. The summed E-state index contributed by atoms with van der Waals surface area (Å²) >= 11 is 6.61. The number of benzene rings is 1. The first-order chi connectivity index (χ1) is 11.9. The maximum absolute atomic E-state index is 4.69. The van der Waals surface area contributed by atoms with Crippen molar-refractivity contribution in [2.45, 2.75) is 10.1 Å². The van der Waals surface area contributed by atoms with Gasteiger partial charge in [0.15, 0.2) is 4.34 Å². The van der Waals surface area contributed by atoms with Crippen LogP contribution >= 0.6 is 45.8 Å². The predicted octanol–water partition coefficient (Wildman–Crippen LogP) is 5.76. The van der Waals surface area contributed by atoms with Crippen LogP contribution in [0.4, 0.5) is 10.8 Å². The van der Waals surface area contributed by atoms with E-state index in [0.29, 0.717) is 0 Å². The molecule has 0 saturated carbocycles. The highest BCUT2D eigenvalue weighted by molar-refractivity contribution is 8.00. The van der Waals surface area contributed by atoms with E-state index in [2.05, 4.69) is 42.7 Å². The SMILES string of the molecule is c1ccc(Nc2nnc(SCc3csc(-c4ccsc4)n3)s2)cc1. The molecule has 0 saturated heterocycles. The molecule has 0 aliphatic carbocycles. The van der Waals surface area contributed by atoms with E-state index in [0.717, 1.165) is 31.6 Å². The van der Waals surface area contributed by atoms with E-state index in [-0.39, 0.29) is 0 Å². The molecule has 0 spiro atoms. The van der Waals surface area contributed by atoms with Crippen LogP contribution in [0.2, 0.25) is 0 Å². The van der Waals surface area contributed by atoms with E-state index in [1.807, 2.05) is 30.3 Å². The summed E-state index contributed by atoms with van der Waals surface area (Å²) in [6, 6.07) is 12.1. The van der Waals surface area contributed by atoms with Crippen molar-refractivity contribution in [3.05, 3.63) is 58.2 Å². The third-order valence-corrected chi connectivity index (χ3v) is 6.72. The van der Waals surface area contributed by atoms with Crippen LogP contribution in [0.3, 0.4) is 0 Å². The number of nitrogens with zero attached hydrogens (tertiary/aromatic N) is 3. The number of para-hydroxylation sites is 1. The van der Waals surface area contributed by atoms with E-state index < -0.39 is 0 Å². The molecule has 1 aromatic carbocycles. The molecule has 0 aliphatic heterocycles. The van der Waals surface area contributed by atoms with Gasteiger partial charge in [-0.05, 0) is 23.6 Å². The quantitative estimate of drug-likeness (QED) is 0.426. The Bertz CT molecular complexity index is 899. The molecule has 8 heteroatoms. The summed E-state index contributed by atoms with van der Waals surface area (Å²) in [6.07, 6.45) is 0. The van der Waals surface area contributed by atoms with Gasteiger partial charge in [-0.15, -0.1) is 21.5 Å². The number of hydrogen-bond donors (Lipinski definition) is 1. The Morgan fingerprint density at radius 3 is 2.79 bits per heavy atom. The molecule has 0 bridgehead atoms.